The van der Waals surface area contributed by atoms with E-state index in [9.17, 15) is 0 Å². The molecule has 0 N–H and O–H groups in total. The van der Waals surface area contributed by atoms with Crippen molar-refractivity contribution in [2.75, 3.05) is 0 Å². The minimum Gasteiger partial charge on any atom is -0.310 e. The molecule has 0 radical (unpaired) electrons. The lowest BCUT2D eigenvalue weighted by atomic mass is 10.1. The monoisotopic (exact) mass is 160 g/mol. The van der Waals surface area contributed by atoms with E-state index in [-0.39, 0.29) is 0 Å². The first-order valence-electron chi connectivity index (χ1n) is 4.03. The van der Waals surface area contributed by atoms with Gasteiger partial charge >= 0.3 is 0 Å². The lowest BCUT2D eigenvalue weighted by Crippen LogP contribution is -1.95. The smallest absolute Gasteiger partial charge is 0.256 e. The fraction of sp³-hybridized carbons (Fsp3) is 0.400. The van der Waals surface area contributed by atoms with Crippen molar-refractivity contribution in [2.45, 2.75) is 26.3 Å². The molecule has 0 saturated heterocycles. The molecule has 0 aromatic carbocycles. The van der Waals surface area contributed by atoms with Crippen molar-refractivity contribution in [2.24, 2.45) is 0 Å². The number of hydrogen-bond donors (Lipinski definition) is 0. The largest absolute Gasteiger partial charge is 0.310 e. The second kappa shape index (κ2) is 3.87. The summed E-state index contributed by atoms with van der Waals surface area (Å²) >= 11 is 0. The van der Waals surface area contributed by atoms with E-state index < -0.39 is 0 Å². The van der Waals surface area contributed by atoms with Crippen LogP contribution in [0.25, 0.3) is 4.85 Å². The Labute approximate surface area is 73.1 Å². The molecule has 0 spiro atoms. The quantitative estimate of drug-likeness (QED) is 0.608. The average molecular weight is 160 g/mol. The second-order valence-electron chi connectivity index (χ2n) is 3.02. The second-order valence-corrected chi connectivity index (χ2v) is 3.02. The van der Waals surface area contributed by atoms with Crippen molar-refractivity contribution in [3.8, 4) is 0 Å². The SMILES string of the molecule is [C-]#[N+]Cc1cccc(C(C)C)n1. The van der Waals surface area contributed by atoms with Crippen molar-refractivity contribution in [3.63, 3.8) is 0 Å². The predicted molar refractivity (Wildman–Crippen MR) is 48.6 cm³/mol. The highest BCUT2D eigenvalue weighted by molar-refractivity contribution is 5.14. The highest BCUT2D eigenvalue weighted by Gasteiger charge is 2.02. The van der Waals surface area contributed by atoms with Crippen molar-refractivity contribution >= 4 is 0 Å². The summed E-state index contributed by atoms with van der Waals surface area (Å²) in [6.07, 6.45) is 0. The van der Waals surface area contributed by atoms with Crippen LogP contribution < -0.4 is 0 Å². The molecular formula is C10H12N2. The van der Waals surface area contributed by atoms with Gasteiger partial charge in [-0.05, 0) is 18.1 Å². The van der Waals surface area contributed by atoms with Crippen molar-refractivity contribution < 1.29 is 0 Å². The zero-order valence-electron chi connectivity index (χ0n) is 7.41. The Hall–Kier alpha value is -1.36. The van der Waals surface area contributed by atoms with Crippen molar-refractivity contribution in [3.05, 3.63) is 41.0 Å². The molecular weight excluding hydrogens is 148 g/mol. The van der Waals surface area contributed by atoms with E-state index in [0.29, 0.717) is 12.5 Å². The molecule has 0 atom stereocenters. The van der Waals surface area contributed by atoms with Crippen LogP contribution in [-0.4, -0.2) is 4.98 Å². The van der Waals surface area contributed by atoms with Crippen molar-refractivity contribution in [1.29, 1.82) is 0 Å². The van der Waals surface area contributed by atoms with Gasteiger partial charge < -0.3 is 4.85 Å². The van der Waals surface area contributed by atoms with Crippen LogP contribution in [0, 0.1) is 6.57 Å². The van der Waals surface area contributed by atoms with Gasteiger partial charge in [0.25, 0.3) is 6.54 Å². The fourth-order valence-corrected chi connectivity index (χ4v) is 0.989. The molecule has 0 fully saturated rings. The standard InChI is InChI=1S/C10H12N2/c1-8(2)10-6-4-5-9(12-10)7-11-3/h4-6,8H,7H2,1-2H3. The molecule has 0 aliphatic rings. The van der Waals surface area contributed by atoms with E-state index >= 15 is 0 Å². The Balaban J connectivity index is 2.90. The third kappa shape index (κ3) is 2.06. The van der Waals surface area contributed by atoms with Crippen LogP contribution in [0.5, 0.6) is 0 Å². The highest BCUT2D eigenvalue weighted by Crippen LogP contribution is 2.11. The lowest BCUT2D eigenvalue weighted by molar-refractivity contribution is 0.811. The zero-order chi connectivity index (χ0) is 8.97. The first-order valence-corrected chi connectivity index (χ1v) is 4.03. The molecule has 0 unspecified atom stereocenters. The predicted octanol–water partition coefficient (Wildman–Crippen LogP) is 2.62. The molecule has 0 aliphatic carbocycles. The van der Waals surface area contributed by atoms with Crippen LogP contribution in [0.3, 0.4) is 0 Å². The van der Waals surface area contributed by atoms with Crippen LogP contribution >= 0.6 is 0 Å². The van der Waals surface area contributed by atoms with Crippen LogP contribution in [0.15, 0.2) is 18.2 Å². The molecule has 0 amide bonds. The summed E-state index contributed by atoms with van der Waals surface area (Å²) < 4.78 is 0. The third-order valence-corrected chi connectivity index (χ3v) is 1.66. The van der Waals surface area contributed by atoms with Gasteiger partial charge in [0.05, 0.1) is 0 Å². The molecule has 1 aromatic rings. The molecule has 62 valence electrons. The van der Waals surface area contributed by atoms with Gasteiger partial charge in [-0.15, -0.1) is 0 Å². The van der Waals surface area contributed by atoms with E-state index in [2.05, 4.69) is 23.7 Å². The highest BCUT2D eigenvalue weighted by atomic mass is 14.8. The van der Waals surface area contributed by atoms with Gasteiger partial charge in [0.1, 0.15) is 5.69 Å². The van der Waals surface area contributed by atoms with Crippen molar-refractivity contribution in [1.82, 2.24) is 4.98 Å². The molecule has 1 rings (SSSR count). The molecule has 0 aliphatic heterocycles. The first-order chi connectivity index (χ1) is 5.74. The first kappa shape index (κ1) is 8.73. The normalized spacial score (nSPS) is 9.83. The van der Waals surface area contributed by atoms with E-state index in [0.717, 1.165) is 11.4 Å². The number of aromatic nitrogens is 1. The van der Waals surface area contributed by atoms with E-state index in [1.165, 1.54) is 0 Å². The van der Waals surface area contributed by atoms with E-state index in [1.54, 1.807) is 0 Å². The van der Waals surface area contributed by atoms with Gasteiger partial charge in [-0.1, -0.05) is 19.9 Å². The summed E-state index contributed by atoms with van der Waals surface area (Å²) in [6.45, 7) is 11.3. The molecule has 2 nitrogen and oxygen atoms in total. The zero-order valence-corrected chi connectivity index (χ0v) is 7.41. The molecule has 0 saturated carbocycles. The number of rotatable bonds is 2. The number of hydrogen-bond acceptors (Lipinski definition) is 1. The topological polar surface area (TPSA) is 17.2 Å². The fourth-order valence-electron chi connectivity index (χ4n) is 0.989. The van der Waals surface area contributed by atoms with Gasteiger partial charge in [0.2, 0.25) is 0 Å². The summed E-state index contributed by atoms with van der Waals surface area (Å²) in [5.41, 5.74) is 1.94. The van der Waals surface area contributed by atoms with E-state index in [1.807, 2.05) is 18.2 Å². The average Bonchev–Trinajstić information content (AvgIpc) is 2.05. The molecule has 0 bridgehead atoms. The number of nitrogens with zero attached hydrogens (tertiary/aromatic N) is 2. The minimum atomic E-state index is 0.389. The summed E-state index contributed by atoms with van der Waals surface area (Å²) in [7, 11) is 0. The summed E-state index contributed by atoms with van der Waals surface area (Å²) in [5.74, 6) is 0.440. The maximum absolute atomic E-state index is 6.70. The van der Waals surface area contributed by atoms with Gasteiger partial charge in [0.15, 0.2) is 0 Å². The Kier molecular flexibility index (Phi) is 2.82. The molecule has 2 heteroatoms. The summed E-state index contributed by atoms with van der Waals surface area (Å²) in [5, 5.41) is 0. The van der Waals surface area contributed by atoms with Crippen LogP contribution in [0.1, 0.15) is 31.2 Å². The van der Waals surface area contributed by atoms with Crippen LogP contribution in [0.2, 0.25) is 0 Å². The van der Waals surface area contributed by atoms with Gasteiger partial charge in [-0.3, -0.25) is 0 Å². The molecule has 1 heterocycles. The van der Waals surface area contributed by atoms with Crippen LogP contribution in [0.4, 0.5) is 0 Å². The Morgan fingerprint density at radius 3 is 2.83 bits per heavy atom. The maximum Gasteiger partial charge on any atom is 0.256 e. The summed E-state index contributed by atoms with van der Waals surface area (Å²) in [6, 6.07) is 5.85. The Morgan fingerprint density at radius 2 is 2.25 bits per heavy atom. The molecule has 12 heavy (non-hydrogen) atoms. The number of pyridine rings is 1. The maximum atomic E-state index is 6.70. The summed E-state index contributed by atoms with van der Waals surface area (Å²) in [4.78, 5) is 7.64. The van der Waals surface area contributed by atoms with Gasteiger partial charge in [0, 0.05) is 5.69 Å². The Morgan fingerprint density at radius 1 is 1.50 bits per heavy atom. The Bertz CT molecular complexity index is 297. The third-order valence-electron chi connectivity index (χ3n) is 1.66. The van der Waals surface area contributed by atoms with E-state index in [4.69, 9.17) is 6.57 Å². The lowest BCUT2D eigenvalue weighted by Gasteiger charge is -2.03. The van der Waals surface area contributed by atoms with Crippen LogP contribution in [-0.2, 0) is 6.54 Å². The molecule has 1 aromatic heterocycles. The van der Waals surface area contributed by atoms with Gasteiger partial charge in [-0.2, -0.15) is 0 Å². The minimum absolute atomic E-state index is 0.389. The van der Waals surface area contributed by atoms with Gasteiger partial charge in [-0.25, -0.2) is 11.6 Å².